The summed E-state index contributed by atoms with van der Waals surface area (Å²) in [6, 6.07) is 9.38. The van der Waals surface area contributed by atoms with Gasteiger partial charge in [-0.1, -0.05) is 57.2 Å². The number of ketones is 1. The van der Waals surface area contributed by atoms with Gasteiger partial charge in [0.05, 0.1) is 30.3 Å². The highest BCUT2D eigenvalue weighted by molar-refractivity contribution is 6.04. The molecule has 1 saturated heterocycles. The molecule has 8 atom stereocenters. The third-order valence-electron chi connectivity index (χ3n) is 9.19. The number of carbonyl (C=O) groups excluding carboxylic acids is 2. The Hall–Kier alpha value is -2.28. The number of aliphatic hydroxyl groups is 2. The molecule has 0 aromatic heterocycles. The lowest BCUT2D eigenvalue weighted by Crippen LogP contribution is -2.52. The maximum atomic E-state index is 14.2. The molecule has 35 heavy (non-hydrogen) atoms. The van der Waals surface area contributed by atoms with E-state index in [9.17, 15) is 19.8 Å². The van der Waals surface area contributed by atoms with Gasteiger partial charge >= 0.3 is 5.97 Å². The standard InChI is InChI=1S/C29H36O6/c1-17-15-29(34-22(31)11-10-18-8-6-5-7-9-18)23(24(17)32)26-28(4,35-26)13-12-20-21(27(20,2)3)14-19(16-30)25(29)33/h5-11,14,17,20-21,23-24,26,30,32H,12-13,15-16H2,1-4H3/t17-,20-,21+,23+,24-,26+,28+,29+/m0/s1. The van der Waals surface area contributed by atoms with Crippen LogP contribution in [0.25, 0.3) is 6.08 Å². The molecule has 1 aromatic carbocycles. The topological polar surface area (TPSA) is 96.4 Å². The zero-order valence-electron chi connectivity index (χ0n) is 20.9. The normalized spacial score (nSPS) is 41.8. The van der Waals surface area contributed by atoms with Crippen molar-refractivity contribution in [3.63, 3.8) is 0 Å². The summed E-state index contributed by atoms with van der Waals surface area (Å²) >= 11 is 0. The fourth-order valence-electron chi connectivity index (χ4n) is 6.84. The molecule has 0 amide bonds. The second-order valence-electron chi connectivity index (χ2n) is 11.8. The highest BCUT2D eigenvalue weighted by Crippen LogP contribution is 2.64. The van der Waals surface area contributed by atoms with E-state index in [-0.39, 0.29) is 29.2 Å². The van der Waals surface area contributed by atoms with Gasteiger partial charge < -0.3 is 19.7 Å². The van der Waals surface area contributed by atoms with Crippen molar-refractivity contribution in [3.8, 4) is 0 Å². The summed E-state index contributed by atoms with van der Waals surface area (Å²) in [6.07, 6.45) is 5.56. The van der Waals surface area contributed by atoms with E-state index >= 15 is 0 Å². The summed E-state index contributed by atoms with van der Waals surface area (Å²) in [5.74, 6) is -1.45. The molecule has 2 saturated carbocycles. The van der Waals surface area contributed by atoms with Gasteiger partial charge in [0.25, 0.3) is 0 Å². The average molecular weight is 481 g/mol. The van der Waals surface area contributed by atoms with Gasteiger partial charge in [-0.2, -0.15) is 0 Å². The molecule has 6 heteroatoms. The molecular weight excluding hydrogens is 444 g/mol. The van der Waals surface area contributed by atoms with Crippen LogP contribution in [0.2, 0.25) is 0 Å². The maximum Gasteiger partial charge on any atom is 0.331 e. The third-order valence-corrected chi connectivity index (χ3v) is 9.19. The zero-order valence-corrected chi connectivity index (χ0v) is 20.9. The summed E-state index contributed by atoms with van der Waals surface area (Å²) in [5, 5.41) is 21.5. The van der Waals surface area contributed by atoms with E-state index in [1.165, 1.54) is 6.08 Å². The van der Waals surface area contributed by atoms with Crippen molar-refractivity contribution >= 4 is 17.8 Å². The first-order valence-electron chi connectivity index (χ1n) is 12.7. The predicted molar refractivity (Wildman–Crippen MR) is 131 cm³/mol. The predicted octanol–water partition coefficient (Wildman–Crippen LogP) is 3.71. The number of aliphatic hydroxyl groups excluding tert-OH is 2. The van der Waals surface area contributed by atoms with Crippen molar-refractivity contribution in [2.75, 3.05) is 6.61 Å². The van der Waals surface area contributed by atoms with Crippen LogP contribution in [-0.4, -0.2) is 52.0 Å². The van der Waals surface area contributed by atoms with Gasteiger partial charge in [-0.25, -0.2) is 4.79 Å². The van der Waals surface area contributed by atoms with Crippen LogP contribution in [0.15, 0.2) is 48.1 Å². The molecule has 4 aliphatic rings. The van der Waals surface area contributed by atoms with E-state index < -0.39 is 47.7 Å². The Labute approximate surface area is 207 Å². The number of Topliss-reactive ketones (excluding diaryl/α,β-unsaturated/α-hetero) is 1. The minimum atomic E-state index is -1.59. The van der Waals surface area contributed by atoms with Gasteiger partial charge in [0.15, 0.2) is 5.60 Å². The average Bonchev–Trinajstić information content (AvgIpc) is 3.60. The van der Waals surface area contributed by atoms with Gasteiger partial charge in [-0.3, -0.25) is 4.79 Å². The molecule has 3 aliphatic carbocycles. The first kappa shape index (κ1) is 24.4. The molecule has 0 spiro atoms. The summed E-state index contributed by atoms with van der Waals surface area (Å²) < 4.78 is 12.3. The summed E-state index contributed by atoms with van der Waals surface area (Å²) in [4.78, 5) is 27.3. The molecule has 0 unspecified atom stereocenters. The highest BCUT2D eigenvalue weighted by Gasteiger charge is 2.71. The summed E-state index contributed by atoms with van der Waals surface area (Å²) in [6.45, 7) is 7.84. The van der Waals surface area contributed by atoms with Crippen LogP contribution in [0.3, 0.4) is 0 Å². The molecule has 3 fully saturated rings. The number of rotatable bonds is 4. The van der Waals surface area contributed by atoms with E-state index in [0.717, 1.165) is 18.4 Å². The monoisotopic (exact) mass is 480 g/mol. The maximum absolute atomic E-state index is 14.2. The van der Waals surface area contributed by atoms with Crippen molar-refractivity contribution in [1.29, 1.82) is 0 Å². The van der Waals surface area contributed by atoms with Crippen LogP contribution >= 0.6 is 0 Å². The van der Waals surface area contributed by atoms with Crippen molar-refractivity contribution in [2.45, 2.75) is 70.4 Å². The minimum Gasteiger partial charge on any atom is -0.447 e. The molecule has 188 valence electrons. The van der Waals surface area contributed by atoms with Crippen LogP contribution in [0.5, 0.6) is 0 Å². The molecule has 6 nitrogen and oxygen atoms in total. The Morgan fingerprint density at radius 3 is 2.63 bits per heavy atom. The van der Waals surface area contributed by atoms with Crippen molar-refractivity contribution in [1.82, 2.24) is 0 Å². The lowest BCUT2D eigenvalue weighted by molar-refractivity contribution is -0.168. The zero-order chi connectivity index (χ0) is 25.2. The number of hydrogen-bond donors (Lipinski definition) is 2. The van der Waals surface area contributed by atoms with Gasteiger partial charge in [-0.05, 0) is 54.6 Å². The summed E-state index contributed by atoms with van der Waals surface area (Å²) in [7, 11) is 0. The SMILES string of the molecule is C[C@H]1C[C@]2(OC(=O)C=Cc3ccccc3)C(=O)C(CO)=C[C@@H]3[C@H](CC[C@@]4(C)O[C@@H]4[C@H]2[C@H]1O)C3(C)C. The van der Waals surface area contributed by atoms with Crippen LogP contribution in [0, 0.1) is 29.1 Å². The molecule has 1 aliphatic heterocycles. The molecule has 0 radical (unpaired) electrons. The van der Waals surface area contributed by atoms with Crippen LogP contribution in [0.4, 0.5) is 0 Å². The lowest BCUT2D eigenvalue weighted by Gasteiger charge is -2.34. The molecule has 1 heterocycles. The Morgan fingerprint density at radius 2 is 1.94 bits per heavy atom. The Kier molecular flexibility index (Phi) is 5.86. The number of benzene rings is 1. The van der Waals surface area contributed by atoms with Crippen molar-refractivity contribution < 1.29 is 29.3 Å². The van der Waals surface area contributed by atoms with E-state index in [4.69, 9.17) is 9.47 Å². The van der Waals surface area contributed by atoms with Gasteiger partial charge in [0.2, 0.25) is 5.78 Å². The van der Waals surface area contributed by atoms with E-state index in [1.54, 1.807) is 6.08 Å². The molecule has 0 bridgehead atoms. The number of esters is 1. The molecule has 1 aromatic rings. The van der Waals surface area contributed by atoms with E-state index in [0.29, 0.717) is 5.92 Å². The highest BCUT2D eigenvalue weighted by atomic mass is 16.6. The second-order valence-corrected chi connectivity index (χ2v) is 11.8. The lowest BCUT2D eigenvalue weighted by atomic mass is 9.77. The number of allylic oxidation sites excluding steroid dienone is 1. The Bertz CT molecular complexity index is 1070. The number of hydrogen-bond acceptors (Lipinski definition) is 6. The van der Waals surface area contributed by atoms with Gasteiger partial charge in [0.1, 0.15) is 0 Å². The number of epoxide rings is 1. The fraction of sp³-hybridized carbons (Fsp3) is 0.586. The smallest absolute Gasteiger partial charge is 0.331 e. The number of fused-ring (bicyclic) bond motifs is 4. The molecular formula is C29H36O6. The minimum absolute atomic E-state index is 0.0325. The van der Waals surface area contributed by atoms with E-state index in [1.807, 2.05) is 50.3 Å². The van der Waals surface area contributed by atoms with Crippen LogP contribution in [0.1, 0.15) is 52.5 Å². The van der Waals surface area contributed by atoms with Crippen LogP contribution in [-0.2, 0) is 19.1 Å². The number of ether oxygens (including phenoxy) is 2. The third kappa shape index (κ3) is 4.00. The quantitative estimate of drug-likeness (QED) is 0.388. The second kappa shape index (κ2) is 8.39. The largest absolute Gasteiger partial charge is 0.447 e. The van der Waals surface area contributed by atoms with Gasteiger partial charge in [-0.15, -0.1) is 0 Å². The fourth-order valence-corrected chi connectivity index (χ4v) is 6.84. The Balaban J connectivity index is 1.55. The van der Waals surface area contributed by atoms with Gasteiger partial charge in [0, 0.05) is 18.1 Å². The van der Waals surface area contributed by atoms with E-state index in [2.05, 4.69) is 13.8 Å². The van der Waals surface area contributed by atoms with Crippen LogP contribution < -0.4 is 0 Å². The number of carbonyl (C=O) groups is 2. The summed E-state index contributed by atoms with van der Waals surface area (Å²) in [5.41, 5.74) is -0.929. The first-order chi connectivity index (χ1) is 16.5. The van der Waals surface area contributed by atoms with Crippen molar-refractivity contribution in [2.24, 2.45) is 29.1 Å². The Morgan fingerprint density at radius 1 is 1.23 bits per heavy atom. The van der Waals surface area contributed by atoms with Crippen molar-refractivity contribution in [3.05, 3.63) is 53.6 Å². The first-order valence-corrected chi connectivity index (χ1v) is 12.7. The molecule has 5 rings (SSSR count). The molecule has 2 N–H and O–H groups in total.